The fourth-order valence-corrected chi connectivity index (χ4v) is 1.38. The number of hydrogen-bond donors (Lipinski definition) is 1. The monoisotopic (exact) mass is 229 g/mol. The number of nitrogens with two attached hydrogens (primary N) is 1. The van der Waals surface area contributed by atoms with Crippen molar-refractivity contribution in [1.82, 2.24) is 0 Å². The second-order valence-corrected chi connectivity index (χ2v) is 3.66. The molecule has 0 saturated carbocycles. The van der Waals surface area contributed by atoms with Crippen LogP contribution >= 0.6 is 11.6 Å². The molecule has 0 aliphatic rings. The lowest BCUT2D eigenvalue weighted by molar-refractivity contribution is 0.0217. The SMILES string of the molecule is CCOCOc1ccc(Cl)cc1C(C)N. The molecule has 0 bridgehead atoms. The molecule has 2 N–H and O–H groups in total. The van der Waals surface area contributed by atoms with Crippen molar-refractivity contribution in [1.29, 1.82) is 0 Å². The van der Waals surface area contributed by atoms with E-state index in [2.05, 4.69) is 0 Å². The fraction of sp³-hybridized carbons (Fsp3) is 0.455. The van der Waals surface area contributed by atoms with Crippen LogP contribution in [0.5, 0.6) is 5.75 Å². The molecule has 4 heteroatoms. The van der Waals surface area contributed by atoms with Gasteiger partial charge in [0.15, 0.2) is 6.79 Å². The molecule has 0 fully saturated rings. The fourth-order valence-electron chi connectivity index (χ4n) is 1.20. The maximum Gasteiger partial charge on any atom is 0.189 e. The minimum absolute atomic E-state index is 0.111. The first-order chi connectivity index (χ1) is 7.15. The second kappa shape index (κ2) is 5.95. The Hall–Kier alpha value is -0.770. The van der Waals surface area contributed by atoms with Crippen LogP contribution in [0.3, 0.4) is 0 Å². The van der Waals surface area contributed by atoms with Crippen LogP contribution in [0.2, 0.25) is 5.02 Å². The first-order valence-electron chi connectivity index (χ1n) is 4.90. The summed E-state index contributed by atoms with van der Waals surface area (Å²) >= 11 is 5.88. The molecular formula is C11H16ClNO2. The molecule has 0 aromatic heterocycles. The second-order valence-electron chi connectivity index (χ2n) is 3.23. The highest BCUT2D eigenvalue weighted by atomic mass is 35.5. The van der Waals surface area contributed by atoms with Gasteiger partial charge in [0.2, 0.25) is 0 Å². The first kappa shape index (κ1) is 12.3. The molecule has 3 nitrogen and oxygen atoms in total. The van der Waals surface area contributed by atoms with Crippen molar-refractivity contribution in [2.24, 2.45) is 5.73 Å². The van der Waals surface area contributed by atoms with Crippen LogP contribution < -0.4 is 10.5 Å². The smallest absolute Gasteiger partial charge is 0.189 e. The van der Waals surface area contributed by atoms with Crippen molar-refractivity contribution >= 4 is 11.6 Å². The van der Waals surface area contributed by atoms with Gasteiger partial charge in [-0.1, -0.05) is 11.6 Å². The van der Waals surface area contributed by atoms with Crippen molar-refractivity contribution in [3.8, 4) is 5.75 Å². The summed E-state index contributed by atoms with van der Waals surface area (Å²) in [5.74, 6) is 0.725. The Morgan fingerprint density at radius 1 is 1.47 bits per heavy atom. The van der Waals surface area contributed by atoms with E-state index in [9.17, 15) is 0 Å². The van der Waals surface area contributed by atoms with Crippen molar-refractivity contribution in [2.75, 3.05) is 13.4 Å². The van der Waals surface area contributed by atoms with Gasteiger partial charge in [0.25, 0.3) is 0 Å². The van der Waals surface area contributed by atoms with Crippen molar-refractivity contribution in [2.45, 2.75) is 19.9 Å². The van der Waals surface area contributed by atoms with Gasteiger partial charge in [0.05, 0.1) is 0 Å². The lowest BCUT2D eigenvalue weighted by Gasteiger charge is -2.14. The average molecular weight is 230 g/mol. The summed E-state index contributed by atoms with van der Waals surface area (Å²) < 4.78 is 10.5. The molecule has 0 spiro atoms. The molecule has 0 aliphatic carbocycles. The molecule has 15 heavy (non-hydrogen) atoms. The lowest BCUT2D eigenvalue weighted by atomic mass is 10.1. The quantitative estimate of drug-likeness (QED) is 0.624. The van der Waals surface area contributed by atoms with Gasteiger partial charge >= 0.3 is 0 Å². The first-order valence-corrected chi connectivity index (χ1v) is 5.28. The number of hydrogen-bond acceptors (Lipinski definition) is 3. The minimum atomic E-state index is -0.111. The molecule has 0 amide bonds. The average Bonchev–Trinajstić information content (AvgIpc) is 2.20. The summed E-state index contributed by atoms with van der Waals surface area (Å²) in [5, 5.41) is 0.658. The van der Waals surface area contributed by atoms with Crippen LogP contribution in [0.1, 0.15) is 25.5 Å². The highest BCUT2D eigenvalue weighted by Crippen LogP contribution is 2.27. The van der Waals surface area contributed by atoms with Gasteiger partial charge in [-0.3, -0.25) is 0 Å². The molecule has 1 aromatic rings. The Morgan fingerprint density at radius 3 is 2.80 bits per heavy atom. The van der Waals surface area contributed by atoms with E-state index in [1.807, 2.05) is 19.9 Å². The van der Waals surface area contributed by atoms with Crippen LogP contribution in [0.15, 0.2) is 18.2 Å². The van der Waals surface area contributed by atoms with Gasteiger partial charge in [-0.2, -0.15) is 0 Å². The Balaban J connectivity index is 2.77. The van der Waals surface area contributed by atoms with Gasteiger partial charge in [-0.25, -0.2) is 0 Å². The van der Waals surface area contributed by atoms with Crippen LogP contribution in [0.25, 0.3) is 0 Å². The molecule has 0 saturated heterocycles. The van der Waals surface area contributed by atoms with Gasteiger partial charge in [0, 0.05) is 23.2 Å². The Kier molecular flexibility index (Phi) is 4.88. The topological polar surface area (TPSA) is 44.5 Å². The summed E-state index contributed by atoms with van der Waals surface area (Å²) in [6.45, 7) is 4.66. The van der Waals surface area contributed by atoms with E-state index in [-0.39, 0.29) is 12.8 Å². The standard InChI is InChI=1S/C11H16ClNO2/c1-3-14-7-15-11-5-4-9(12)6-10(11)8(2)13/h4-6,8H,3,7,13H2,1-2H3. The zero-order valence-electron chi connectivity index (χ0n) is 9.00. The van der Waals surface area contributed by atoms with Crippen LogP contribution in [-0.4, -0.2) is 13.4 Å². The number of ether oxygens (including phenoxy) is 2. The Labute approximate surface area is 95.1 Å². The zero-order valence-corrected chi connectivity index (χ0v) is 9.75. The largest absolute Gasteiger partial charge is 0.467 e. The maximum absolute atomic E-state index is 5.88. The molecule has 1 aromatic carbocycles. The molecule has 1 rings (SSSR count). The van der Waals surface area contributed by atoms with E-state index in [0.29, 0.717) is 11.6 Å². The minimum Gasteiger partial charge on any atom is -0.467 e. The lowest BCUT2D eigenvalue weighted by Crippen LogP contribution is -2.10. The van der Waals surface area contributed by atoms with Gasteiger partial charge in [0.1, 0.15) is 5.75 Å². The van der Waals surface area contributed by atoms with Crippen LogP contribution in [0, 0.1) is 0 Å². The Bertz CT molecular complexity index is 315. The zero-order chi connectivity index (χ0) is 11.3. The Morgan fingerprint density at radius 2 is 2.20 bits per heavy atom. The third-order valence-electron chi connectivity index (χ3n) is 1.96. The van der Waals surface area contributed by atoms with Gasteiger partial charge in [-0.15, -0.1) is 0 Å². The molecule has 1 atom stereocenters. The van der Waals surface area contributed by atoms with Crippen molar-refractivity contribution < 1.29 is 9.47 Å². The molecule has 0 heterocycles. The third-order valence-corrected chi connectivity index (χ3v) is 2.20. The normalized spacial score (nSPS) is 12.5. The summed E-state index contributed by atoms with van der Waals surface area (Å²) in [5.41, 5.74) is 6.70. The van der Waals surface area contributed by atoms with Crippen molar-refractivity contribution in [3.63, 3.8) is 0 Å². The number of halogens is 1. The van der Waals surface area contributed by atoms with E-state index in [4.69, 9.17) is 26.8 Å². The predicted octanol–water partition coefficient (Wildman–Crippen LogP) is 2.73. The van der Waals surface area contributed by atoms with E-state index in [1.165, 1.54) is 0 Å². The number of rotatable bonds is 5. The van der Waals surface area contributed by atoms with E-state index in [0.717, 1.165) is 11.3 Å². The summed E-state index contributed by atoms with van der Waals surface area (Å²) in [4.78, 5) is 0. The maximum atomic E-state index is 5.88. The van der Waals surface area contributed by atoms with Gasteiger partial charge in [-0.05, 0) is 32.0 Å². The molecule has 84 valence electrons. The van der Waals surface area contributed by atoms with E-state index >= 15 is 0 Å². The highest BCUT2D eigenvalue weighted by Gasteiger charge is 2.08. The van der Waals surface area contributed by atoms with Gasteiger partial charge < -0.3 is 15.2 Å². The summed E-state index contributed by atoms with van der Waals surface area (Å²) in [7, 11) is 0. The highest BCUT2D eigenvalue weighted by molar-refractivity contribution is 6.30. The molecule has 1 unspecified atom stereocenters. The third kappa shape index (κ3) is 3.70. The predicted molar refractivity (Wildman–Crippen MR) is 61.2 cm³/mol. The molecular weight excluding hydrogens is 214 g/mol. The molecule has 0 radical (unpaired) electrons. The molecule has 0 aliphatic heterocycles. The summed E-state index contributed by atoms with van der Waals surface area (Å²) in [6.07, 6.45) is 0. The number of benzene rings is 1. The van der Waals surface area contributed by atoms with Crippen LogP contribution in [-0.2, 0) is 4.74 Å². The summed E-state index contributed by atoms with van der Waals surface area (Å²) in [6, 6.07) is 5.28. The van der Waals surface area contributed by atoms with Crippen LogP contribution in [0.4, 0.5) is 0 Å². The van der Waals surface area contributed by atoms with Crippen molar-refractivity contribution in [3.05, 3.63) is 28.8 Å². The van der Waals surface area contributed by atoms with E-state index in [1.54, 1.807) is 12.1 Å². The van der Waals surface area contributed by atoms with E-state index < -0.39 is 0 Å².